The average molecular weight is 589 g/mol. The molecule has 0 heterocycles. The number of sulfonamides is 1. The van der Waals surface area contributed by atoms with Crippen LogP contribution < -0.4 is 19.1 Å². The zero-order valence-electron chi connectivity index (χ0n) is 22.5. The predicted molar refractivity (Wildman–Crippen MR) is 151 cm³/mol. The average Bonchev–Trinajstić information content (AvgIpc) is 2.87. The first-order valence-electron chi connectivity index (χ1n) is 12.1. The Kier molecular flexibility index (Phi) is 11.5. The molecular formula is C26H35Cl2N3O6S. The van der Waals surface area contributed by atoms with Gasteiger partial charge in [-0.25, -0.2) is 8.42 Å². The third-order valence-corrected chi connectivity index (χ3v) is 7.92. The first-order valence-corrected chi connectivity index (χ1v) is 14.7. The van der Waals surface area contributed by atoms with Gasteiger partial charge >= 0.3 is 0 Å². The summed E-state index contributed by atoms with van der Waals surface area (Å²) < 4.78 is 37.3. The van der Waals surface area contributed by atoms with Gasteiger partial charge in [-0.15, -0.1) is 0 Å². The Morgan fingerprint density at radius 3 is 2.21 bits per heavy atom. The van der Waals surface area contributed by atoms with E-state index in [0.717, 1.165) is 10.6 Å². The zero-order chi connectivity index (χ0) is 28.6. The second-order valence-electron chi connectivity index (χ2n) is 8.82. The first-order chi connectivity index (χ1) is 17.9. The van der Waals surface area contributed by atoms with Crippen LogP contribution in [0.4, 0.5) is 5.69 Å². The van der Waals surface area contributed by atoms with Gasteiger partial charge in [0.25, 0.3) is 0 Å². The highest BCUT2D eigenvalue weighted by Crippen LogP contribution is 2.34. The standard InChI is InChI=1S/C26H35Cl2N3O6S/c1-7-17(3)29-26(33)22(8-2)30(15-18-9-11-20(27)21(28)13-18)25(32)16-31(38(6,34)35)23-12-10-19(36-4)14-24(23)37-5/h9-14,17,22H,7-8,15-16H2,1-6H3,(H,29,33). The van der Waals surface area contributed by atoms with Crippen LogP contribution >= 0.6 is 23.2 Å². The molecule has 1 N–H and O–H groups in total. The zero-order valence-corrected chi connectivity index (χ0v) is 24.8. The fourth-order valence-electron chi connectivity index (χ4n) is 3.78. The number of anilines is 1. The molecule has 0 radical (unpaired) electrons. The van der Waals surface area contributed by atoms with Crippen molar-refractivity contribution in [3.05, 3.63) is 52.0 Å². The molecule has 38 heavy (non-hydrogen) atoms. The van der Waals surface area contributed by atoms with E-state index in [-0.39, 0.29) is 29.9 Å². The van der Waals surface area contributed by atoms with Gasteiger partial charge in [0.15, 0.2) is 0 Å². The Balaban J connectivity index is 2.53. The maximum atomic E-state index is 13.8. The number of nitrogens with zero attached hydrogens (tertiary/aromatic N) is 2. The van der Waals surface area contributed by atoms with Gasteiger partial charge in [0.2, 0.25) is 21.8 Å². The number of nitrogens with one attached hydrogen (secondary N) is 1. The molecule has 0 saturated heterocycles. The van der Waals surface area contributed by atoms with Crippen molar-refractivity contribution in [1.29, 1.82) is 0 Å². The van der Waals surface area contributed by atoms with Crippen molar-refractivity contribution in [1.82, 2.24) is 10.2 Å². The van der Waals surface area contributed by atoms with E-state index in [1.54, 1.807) is 31.2 Å². The van der Waals surface area contributed by atoms with Crippen LogP contribution in [0, 0.1) is 0 Å². The molecule has 2 aromatic rings. The third-order valence-electron chi connectivity index (χ3n) is 6.06. The lowest BCUT2D eigenvalue weighted by atomic mass is 10.1. The summed E-state index contributed by atoms with van der Waals surface area (Å²) in [6.07, 6.45) is 2.02. The number of halogens is 2. The lowest BCUT2D eigenvalue weighted by Gasteiger charge is -2.33. The second-order valence-corrected chi connectivity index (χ2v) is 11.5. The third kappa shape index (κ3) is 8.15. The van der Waals surface area contributed by atoms with Gasteiger partial charge in [-0.2, -0.15) is 0 Å². The fraction of sp³-hybridized carbons (Fsp3) is 0.462. The predicted octanol–water partition coefficient (Wildman–Crippen LogP) is 4.50. The summed E-state index contributed by atoms with van der Waals surface area (Å²) in [4.78, 5) is 28.4. The highest BCUT2D eigenvalue weighted by molar-refractivity contribution is 7.92. The molecule has 12 heteroatoms. The molecule has 0 aliphatic heterocycles. The van der Waals surface area contributed by atoms with Crippen LogP contribution in [-0.2, 0) is 26.2 Å². The second kappa shape index (κ2) is 13.9. The molecule has 0 spiro atoms. The molecule has 2 amide bonds. The van der Waals surface area contributed by atoms with Crippen molar-refractivity contribution in [2.24, 2.45) is 0 Å². The van der Waals surface area contributed by atoms with E-state index < -0.39 is 28.5 Å². The van der Waals surface area contributed by atoms with Gasteiger partial charge in [-0.3, -0.25) is 13.9 Å². The van der Waals surface area contributed by atoms with Crippen LogP contribution in [0.15, 0.2) is 36.4 Å². The summed E-state index contributed by atoms with van der Waals surface area (Å²) >= 11 is 12.3. The van der Waals surface area contributed by atoms with E-state index >= 15 is 0 Å². The monoisotopic (exact) mass is 587 g/mol. The molecule has 0 fully saturated rings. The van der Waals surface area contributed by atoms with Gasteiger partial charge in [0.1, 0.15) is 24.1 Å². The Bertz CT molecular complexity index is 1240. The van der Waals surface area contributed by atoms with Gasteiger partial charge < -0.3 is 19.7 Å². The van der Waals surface area contributed by atoms with Crippen molar-refractivity contribution < 1.29 is 27.5 Å². The Morgan fingerprint density at radius 1 is 1.00 bits per heavy atom. The summed E-state index contributed by atoms with van der Waals surface area (Å²) in [5.41, 5.74) is 0.797. The van der Waals surface area contributed by atoms with E-state index in [1.165, 1.54) is 31.3 Å². The van der Waals surface area contributed by atoms with Gasteiger partial charge in [0, 0.05) is 18.7 Å². The van der Waals surface area contributed by atoms with Crippen LogP contribution in [-0.4, -0.2) is 64.2 Å². The van der Waals surface area contributed by atoms with Crippen molar-refractivity contribution in [3.63, 3.8) is 0 Å². The van der Waals surface area contributed by atoms with Gasteiger partial charge in [-0.1, -0.05) is 43.1 Å². The topological polar surface area (TPSA) is 105 Å². The summed E-state index contributed by atoms with van der Waals surface area (Å²) in [6.45, 7) is 5.06. The first kappa shape index (κ1) is 31.5. The Labute approximate surface area is 235 Å². The molecule has 0 saturated carbocycles. The number of carbonyl (C=O) groups excluding carboxylic acids is 2. The minimum atomic E-state index is -3.93. The summed E-state index contributed by atoms with van der Waals surface area (Å²) in [7, 11) is -1.07. The molecule has 2 rings (SSSR count). The SMILES string of the molecule is CCC(C)NC(=O)C(CC)N(Cc1ccc(Cl)c(Cl)c1)C(=O)CN(c1ccc(OC)cc1OC)S(C)(=O)=O. The molecule has 210 valence electrons. The van der Waals surface area contributed by atoms with E-state index in [1.807, 2.05) is 13.8 Å². The van der Waals surface area contributed by atoms with Crippen LogP contribution in [0.3, 0.4) is 0 Å². The lowest BCUT2D eigenvalue weighted by molar-refractivity contribution is -0.140. The quantitative estimate of drug-likeness (QED) is 0.370. The van der Waals surface area contributed by atoms with Crippen LogP contribution in [0.1, 0.15) is 39.2 Å². The highest BCUT2D eigenvalue weighted by Gasteiger charge is 2.33. The Morgan fingerprint density at radius 2 is 1.68 bits per heavy atom. The number of ether oxygens (including phenoxy) is 2. The van der Waals surface area contributed by atoms with E-state index in [0.29, 0.717) is 34.2 Å². The molecule has 0 bridgehead atoms. The number of carbonyl (C=O) groups is 2. The molecule has 2 atom stereocenters. The minimum absolute atomic E-state index is 0.0134. The van der Waals surface area contributed by atoms with Crippen molar-refractivity contribution in [3.8, 4) is 11.5 Å². The molecule has 2 unspecified atom stereocenters. The fourth-order valence-corrected chi connectivity index (χ4v) is 4.95. The maximum absolute atomic E-state index is 13.8. The smallest absolute Gasteiger partial charge is 0.244 e. The van der Waals surface area contributed by atoms with Crippen molar-refractivity contribution >= 4 is 50.7 Å². The lowest BCUT2D eigenvalue weighted by Crippen LogP contribution is -2.53. The number of rotatable bonds is 13. The van der Waals surface area contributed by atoms with E-state index in [9.17, 15) is 18.0 Å². The summed E-state index contributed by atoms with van der Waals surface area (Å²) in [6, 6.07) is 8.57. The van der Waals surface area contributed by atoms with Crippen LogP contribution in [0.5, 0.6) is 11.5 Å². The number of hydrogen-bond donors (Lipinski definition) is 1. The van der Waals surface area contributed by atoms with Crippen LogP contribution in [0.2, 0.25) is 10.0 Å². The van der Waals surface area contributed by atoms with Gasteiger partial charge in [0.05, 0.1) is 36.2 Å². The number of benzene rings is 2. The molecule has 0 aliphatic carbocycles. The Hall–Kier alpha value is -2.69. The van der Waals surface area contributed by atoms with Crippen LogP contribution in [0.25, 0.3) is 0 Å². The molecule has 0 aromatic heterocycles. The maximum Gasteiger partial charge on any atom is 0.244 e. The number of methoxy groups -OCH3 is 2. The van der Waals surface area contributed by atoms with Crippen molar-refractivity contribution in [2.45, 2.75) is 52.2 Å². The summed E-state index contributed by atoms with van der Waals surface area (Å²) in [5, 5.41) is 3.57. The van der Waals surface area contributed by atoms with Crippen molar-refractivity contribution in [2.75, 3.05) is 31.3 Å². The largest absolute Gasteiger partial charge is 0.497 e. The molecule has 9 nitrogen and oxygen atoms in total. The summed E-state index contributed by atoms with van der Waals surface area (Å²) in [5.74, 6) is -0.242. The normalized spacial score (nSPS) is 12.8. The number of amides is 2. The van der Waals surface area contributed by atoms with E-state index in [2.05, 4.69) is 5.32 Å². The number of hydrogen-bond acceptors (Lipinski definition) is 6. The molecular weight excluding hydrogens is 553 g/mol. The minimum Gasteiger partial charge on any atom is -0.497 e. The highest BCUT2D eigenvalue weighted by atomic mass is 35.5. The van der Waals surface area contributed by atoms with Gasteiger partial charge in [-0.05, 0) is 49.6 Å². The molecule has 0 aliphatic rings. The molecule has 2 aromatic carbocycles. The van der Waals surface area contributed by atoms with E-state index in [4.69, 9.17) is 32.7 Å².